The molecule has 1 aromatic rings. The molecule has 0 aliphatic heterocycles. The Morgan fingerprint density at radius 2 is 2.18 bits per heavy atom. The first kappa shape index (κ1) is 16.3. The van der Waals surface area contributed by atoms with E-state index in [-0.39, 0.29) is 18.1 Å². The lowest BCUT2D eigenvalue weighted by atomic mass is 9.82. The van der Waals surface area contributed by atoms with Gasteiger partial charge in [-0.05, 0) is 58.1 Å². The summed E-state index contributed by atoms with van der Waals surface area (Å²) in [5.74, 6) is 0.285. The third-order valence-electron chi connectivity index (χ3n) is 3.62. The second-order valence-electron chi connectivity index (χ2n) is 6.91. The van der Waals surface area contributed by atoms with Gasteiger partial charge in [0.05, 0.1) is 17.9 Å². The van der Waals surface area contributed by atoms with Crippen molar-refractivity contribution in [1.82, 2.24) is 10.3 Å². The molecule has 0 radical (unpaired) electrons. The quantitative estimate of drug-likeness (QED) is 0.821. The van der Waals surface area contributed by atoms with E-state index in [0.717, 1.165) is 18.4 Å². The van der Waals surface area contributed by atoms with Gasteiger partial charge in [-0.2, -0.15) is 0 Å². The van der Waals surface area contributed by atoms with Crippen molar-refractivity contribution < 1.29 is 9.53 Å². The molecule has 3 N–H and O–H groups in total. The Bertz CT molecular complexity index is 576. The van der Waals surface area contributed by atoms with E-state index in [1.807, 2.05) is 26.8 Å². The topological polar surface area (TPSA) is 77.2 Å². The summed E-state index contributed by atoms with van der Waals surface area (Å²) in [6, 6.07) is 1.92. The minimum Gasteiger partial charge on any atom is -0.444 e. The molecule has 2 atom stereocenters. The maximum Gasteiger partial charge on any atom is 0.408 e. The van der Waals surface area contributed by atoms with E-state index < -0.39 is 5.60 Å². The van der Waals surface area contributed by atoms with Gasteiger partial charge < -0.3 is 15.8 Å². The van der Waals surface area contributed by atoms with Crippen LogP contribution in [-0.2, 0) is 4.74 Å². The number of rotatable bonds is 2. The van der Waals surface area contributed by atoms with E-state index >= 15 is 0 Å². The maximum atomic E-state index is 11.9. The third kappa shape index (κ3) is 4.48. The molecule has 5 nitrogen and oxygen atoms in total. The summed E-state index contributed by atoms with van der Waals surface area (Å²) in [7, 11) is 0. The Morgan fingerprint density at radius 3 is 2.82 bits per heavy atom. The van der Waals surface area contributed by atoms with Crippen LogP contribution in [0.2, 0.25) is 0 Å². The summed E-state index contributed by atoms with van der Waals surface area (Å²) in [5.41, 5.74) is 8.59. The van der Waals surface area contributed by atoms with Gasteiger partial charge in [-0.15, -0.1) is 0 Å². The zero-order valence-corrected chi connectivity index (χ0v) is 13.7. The van der Waals surface area contributed by atoms with E-state index in [0.29, 0.717) is 5.69 Å². The van der Waals surface area contributed by atoms with Crippen LogP contribution < -0.4 is 11.1 Å². The fourth-order valence-electron chi connectivity index (χ4n) is 2.84. The normalized spacial score (nSPS) is 21.9. The number of nitrogens with zero attached hydrogens (tertiary/aromatic N) is 1. The number of ether oxygens (including phenoxy) is 1. The second-order valence-corrected chi connectivity index (χ2v) is 6.91. The lowest BCUT2D eigenvalue weighted by Gasteiger charge is -2.30. The van der Waals surface area contributed by atoms with E-state index in [1.165, 1.54) is 5.57 Å². The van der Waals surface area contributed by atoms with Crippen LogP contribution in [-0.4, -0.2) is 22.7 Å². The van der Waals surface area contributed by atoms with Crippen molar-refractivity contribution in [1.29, 1.82) is 0 Å². The molecule has 0 spiro atoms. The number of alkyl carbamates (subject to hydrolysis) is 1. The van der Waals surface area contributed by atoms with Gasteiger partial charge in [0, 0.05) is 6.20 Å². The number of carbonyl (C=O) groups is 1. The molecule has 0 saturated heterocycles. The molecular formula is C17H25N3O2. The zero-order chi connectivity index (χ0) is 16.3. The van der Waals surface area contributed by atoms with Crippen molar-refractivity contribution in [2.45, 2.75) is 58.1 Å². The molecular weight excluding hydrogens is 278 g/mol. The van der Waals surface area contributed by atoms with Crippen LogP contribution in [0.5, 0.6) is 0 Å². The molecule has 5 heteroatoms. The number of hydrogen-bond acceptors (Lipinski definition) is 4. The number of nitrogens with one attached hydrogen (secondary N) is 1. The number of amides is 1. The molecule has 1 aliphatic rings. The average molecular weight is 303 g/mol. The van der Waals surface area contributed by atoms with E-state index in [9.17, 15) is 4.79 Å². The standard InChI is InChI=1S/C17H25N3O2/c1-11-7-12(14-5-6-19-10-15(14)18)9-13(8-11)20-16(21)22-17(2,3)4/h5-6,8,10,12-13H,7,9,18H2,1-4H3,(H,20,21)/t12-,13+/m0/s1. The van der Waals surface area contributed by atoms with Gasteiger partial charge in [0.25, 0.3) is 0 Å². The molecule has 1 amide bonds. The number of pyridine rings is 1. The number of carbonyl (C=O) groups excluding carboxylic acids is 1. The summed E-state index contributed by atoms with van der Waals surface area (Å²) in [6.45, 7) is 7.65. The summed E-state index contributed by atoms with van der Waals surface area (Å²) < 4.78 is 5.33. The maximum absolute atomic E-state index is 11.9. The molecule has 0 bridgehead atoms. The van der Waals surface area contributed by atoms with Crippen molar-refractivity contribution in [3.63, 3.8) is 0 Å². The monoisotopic (exact) mass is 303 g/mol. The predicted octanol–water partition coefficient (Wildman–Crippen LogP) is 3.38. The van der Waals surface area contributed by atoms with Crippen molar-refractivity contribution in [2.24, 2.45) is 0 Å². The molecule has 0 fully saturated rings. The van der Waals surface area contributed by atoms with Crippen LogP contribution in [0.15, 0.2) is 30.1 Å². The first-order chi connectivity index (χ1) is 10.2. The minimum atomic E-state index is -0.494. The van der Waals surface area contributed by atoms with Crippen molar-refractivity contribution in [2.75, 3.05) is 5.73 Å². The number of allylic oxidation sites excluding steroid dienone is 1. The first-order valence-electron chi connectivity index (χ1n) is 7.61. The van der Waals surface area contributed by atoms with Crippen LogP contribution >= 0.6 is 0 Å². The molecule has 2 rings (SSSR count). The van der Waals surface area contributed by atoms with Crippen LogP contribution in [0.4, 0.5) is 10.5 Å². The number of anilines is 1. The van der Waals surface area contributed by atoms with E-state index in [4.69, 9.17) is 10.5 Å². The Balaban J connectivity index is 2.07. The Kier molecular flexibility index (Phi) is 4.74. The molecule has 22 heavy (non-hydrogen) atoms. The molecule has 0 aromatic carbocycles. The van der Waals surface area contributed by atoms with Gasteiger partial charge in [-0.25, -0.2) is 4.79 Å². The molecule has 0 unspecified atom stereocenters. The number of nitrogen functional groups attached to an aromatic ring is 1. The smallest absolute Gasteiger partial charge is 0.408 e. The SMILES string of the molecule is CC1=C[C@@H](NC(=O)OC(C)(C)C)C[C@@H](c2ccncc2N)C1. The number of hydrogen-bond donors (Lipinski definition) is 2. The molecule has 1 heterocycles. The van der Waals surface area contributed by atoms with Gasteiger partial charge in [0.1, 0.15) is 5.60 Å². The van der Waals surface area contributed by atoms with Crippen LogP contribution in [0.25, 0.3) is 0 Å². The van der Waals surface area contributed by atoms with Gasteiger partial charge in [-0.3, -0.25) is 4.98 Å². The highest BCUT2D eigenvalue weighted by atomic mass is 16.6. The second kappa shape index (κ2) is 6.38. The molecule has 120 valence electrons. The molecule has 1 aliphatic carbocycles. The van der Waals surface area contributed by atoms with E-state index in [2.05, 4.69) is 23.3 Å². The lowest BCUT2D eigenvalue weighted by molar-refractivity contribution is 0.0510. The van der Waals surface area contributed by atoms with Crippen LogP contribution in [0.3, 0.4) is 0 Å². The van der Waals surface area contributed by atoms with Crippen LogP contribution in [0, 0.1) is 0 Å². The highest BCUT2D eigenvalue weighted by Crippen LogP contribution is 2.35. The summed E-state index contributed by atoms with van der Waals surface area (Å²) >= 11 is 0. The molecule has 1 aromatic heterocycles. The van der Waals surface area contributed by atoms with Crippen molar-refractivity contribution in [3.05, 3.63) is 35.7 Å². The van der Waals surface area contributed by atoms with Crippen molar-refractivity contribution >= 4 is 11.8 Å². The fraction of sp³-hybridized carbons (Fsp3) is 0.529. The minimum absolute atomic E-state index is 0.0406. The Morgan fingerprint density at radius 1 is 1.45 bits per heavy atom. The fourth-order valence-corrected chi connectivity index (χ4v) is 2.84. The zero-order valence-electron chi connectivity index (χ0n) is 13.7. The van der Waals surface area contributed by atoms with Crippen molar-refractivity contribution in [3.8, 4) is 0 Å². The van der Waals surface area contributed by atoms with Gasteiger partial charge in [0.2, 0.25) is 0 Å². The highest BCUT2D eigenvalue weighted by molar-refractivity contribution is 5.68. The van der Waals surface area contributed by atoms with Gasteiger partial charge >= 0.3 is 6.09 Å². The lowest BCUT2D eigenvalue weighted by Crippen LogP contribution is -2.40. The summed E-state index contributed by atoms with van der Waals surface area (Å²) in [4.78, 5) is 16.0. The Hall–Kier alpha value is -2.04. The highest BCUT2D eigenvalue weighted by Gasteiger charge is 2.26. The van der Waals surface area contributed by atoms with Gasteiger partial charge in [-0.1, -0.05) is 11.6 Å². The van der Waals surface area contributed by atoms with E-state index in [1.54, 1.807) is 12.4 Å². The summed E-state index contributed by atoms with van der Waals surface area (Å²) in [5, 5.41) is 2.93. The van der Waals surface area contributed by atoms with Crippen LogP contribution in [0.1, 0.15) is 52.0 Å². The largest absolute Gasteiger partial charge is 0.444 e. The predicted molar refractivity (Wildman–Crippen MR) is 87.5 cm³/mol. The average Bonchev–Trinajstić information content (AvgIpc) is 2.35. The Labute approximate surface area is 131 Å². The number of nitrogens with two attached hydrogens (primary N) is 1. The third-order valence-corrected chi connectivity index (χ3v) is 3.62. The number of aromatic nitrogens is 1. The first-order valence-corrected chi connectivity index (χ1v) is 7.61. The summed E-state index contributed by atoms with van der Waals surface area (Å²) in [6.07, 6.45) is 6.91. The van der Waals surface area contributed by atoms with Gasteiger partial charge in [0.15, 0.2) is 0 Å². The molecule has 0 saturated carbocycles.